The lowest BCUT2D eigenvalue weighted by molar-refractivity contribution is 0.170. The summed E-state index contributed by atoms with van der Waals surface area (Å²) in [5, 5.41) is 41.4. The third kappa shape index (κ3) is 8.99. The number of aliphatic hydroxyl groups is 3. The number of likely N-dealkylation sites (tertiary alicyclic amines) is 1. The molecule has 1 saturated heterocycles. The van der Waals surface area contributed by atoms with Crippen LogP contribution in [0.1, 0.15) is 29.5 Å². The van der Waals surface area contributed by atoms with Crippen LogP contribution in [0.15, 0.2) is 48.5 Å². The van der Waals surface area contributed by atoms with Crippen molar-refractivity contribution in [2.45, 2.75) is 45.1 Å². The molecule has 1 atom stereocenters. The summed E-state index contributed by atoms with van der Waals surface area (Å²) in [6, 6.07) is 16.4. The monoisotopic (exact) mass is 643 g/mol. The predicted molar refractivity (Wildman–Crippen MR) is 170 cm³/mol. The van der Waals surface area contributed by atoms with Gasteiger partial charge in [-0.1, -0.05) is 53.5 Å². The van der Waals surface area contributed by atoms with E-state index in [9.17, 15) is 15.3 Å². The first-order valence-corrected chi connectivity index (χ1v) is 15.4. The summed E-state index contributed by atoms with van der Waals surface area (Å²) >= 11 is 13.5. The summed E-state index contributed by atoms with van der Waals surface area (Å²) in [5.74, 6) is 1.57. The number of rotatable bonds is 16. The van der Waals surface area contributed by atoms with Gasteiger partial charge in [0.2, 0.25) is 0 Å². The number of nitrogens with zero attached hydrogens (tertiary/aromatic N) is 2. The Balaban J connectivity index is 1.45. The van der Waals surface area contributed by atoms with E-state index in [-0.39, 0.29) is 39.1 Å². The number of nitrogens with one attached hydrogen (secondary N) is 1. The van der Waals surface area contributed by atoms with Crippen molar-refractivity contribution >= 4 is 23.2 Å². The first kappa shape index (κ1) is 33.8. The molecular weight excluding hydrogens is 605 g/mol. The number of β-amino-alcohol motifs (C(OH)–C–C–N with tert-alkyl or cyclic N) is 1. The Labute approximate surface area is 268 Å². The van der Waals surface area contributed by atoms with E-state index >= 15 is 0 Å². The second-order valence-electron chi connectivity index (χ2n) is 10.7. The molecule has 0 aromatic heterocycles. The number of nitriles is 1. The molecule has 1 fully saturated rings. The van der Waals surface area contributed by atoms with Gasteiger partial charge in [-0.05, 0) is 43.0 Å². The van der Waals surface area contributed by atoms with E-state index < -0.39 is 6.04 Å². The van der Waals surface area contributed by atoms with Crippen molar-refractivity contribution < 1.29 is 29.5 Å². The zero-order chi connectivity index (χ0) is 31.5. The molecule has 9 nitrogen and oxygen atoms in total. The molecule has 3 aromatic rings. The Morgan fingerprint density at radius 2 is 1.77 bits per heavy atom. The molecule has 1 heterocycles. The van der Waals surface area contributed by atoms with Crippen LogP contribution >= 0.6 is 23.2 Å². The number of halogens is 2. The van der Waals surface area contributed by atoms with Gasteiger partial charge in [0.1, 0.15) is 29.9 Å². The number of benzene rings is 3. The lowest BCUT2D eigenvalue weighted by atomic mass is 9.98. The van der Waals surface area contributed by atoms with E-state index in [4.69, 9.17) is 42.7 Å². The van der Waals surface area contributed by atoms with Gasteiger partial charge in [-0.2, -0.15) is 5.26 Å². The van der Waals surface area contributed by atoms with Crippen molar-refractivity contribution in [3.05, 3.63) is 75.3 Å². The molecule has 0 unspecified atom stereocenters. The summed E-state index contributed by atoms with van der Waals surface area (Å²) < 4.78 is 17.8. The molecule has 0 bridgehead atoms. The van der Waals surface area contributed by atoms with Crippen molar-refractivity contribution in [1.29, 1.82) is 5.26 Å². The topological polar surface area (TPSA) is 127 Å². The highest BCUT2D eigenvalue weighted by Gasteiger charge is 2.20. The van der Waals surface area contributed by atoms with Gasteiger partial charge in [0.05, 0.1) is 42.0 Å². The smallest absolute Gasteiger partial charge is 0.174 e. The SMILES string of the molecule is Cc1c(OCCCN2CC[C@@H](O)C2)cccc1-c1cccc(COc2cc(OCC#N)c(CNC(CO)CO)cc2Cl)c1Cl. The van der Waals surface area contributed by atoms with Crippen LogP contribution in [0.5, 0.6) is 17.2 Å². The number of hydrogen-bond donors (Lipinski definition) is 4. The second-order valence-corrected chi connectivity index (χ2v) is 11.5. The van der Waals surface area contributed by atoms with E-state index in [2.05, 4.69) is 10.2 Å². The number of hydrogen-bond acceptors (Lipinski definition) is 9. The molecule has 1 aliphatic heterocycles. The molecule has 0 amide bonds. The van der Waals surface area contributed by atoms with Gasteiger partial charge in [-0.3, -0.25) is 0 Å². The summed E-state index contributed by atoms with van der Waals surface area (Å²) in [6.45, 7) is 4.91. The van der Waals surface area contributed by atoms with E-state index in [0.29, 0.717) is 33.7 Å². The largest absolute Gasteiger partial charge is 0.493 e. The summed E-state index contributed by atoms with van der Waals surface area (Å²) in [4.78, 5) is 2.26. The maximum absolute atomic E-state index is 9.72. The van der Waals surface area contributed by atoms with Crippen LogP contribution in [0, 0.1) is 18.3 Å². The van der Waals surface area contributed by atoms with E-state index in [1.54, 1.807) is 12.1 Å². The Morgan fingerprint density at radius 3 is 2.50 bits per heavy atom. The molecule has 0 spiro atoms. The van der Waals surface area contributed by atoms with Crippen molar-refractivity contribution in [3.63, 3.8) is 0 Å². The minimum absolute atomic E-state index is 0.138. The minimum atomic E-state index is -0.505. The van der Waals surface area contributed by atoms with Crippen molar-refractivity contribution in [3.8, 4) is 34.4 Å². The fourth-order valence-corrected chi connectivity index (χ4v) is 5.64. The van der Waals surface area contributed by atoms with Gasteiger partial charge in [-0.25, -0.2) is 0 Å². The highest BCUT2D eigenvalue weighted by atomic mass is 35.5. The molecule has 3 aromatic carbocycles. The molecule has 4 N–H and O–H groups in total. The van der Waals surface area contributed by atoms with Crippen LogP contribution in [-0.2, 0) is 13.2 Å². The lowest BCUT2D eigenvalue weighted by Gasteiger charge is -2.18. The molecule has 4 rings (SSSR count). The van der Waals surface area contributed by atoms with Crippen molar-refractivity contribution in [2.75, 3.05) is 46.1 Å². The Kier molecular flexibility index (Phi) is 12.9. The van der Waals surface area contributed by atoms with Crippen molar-refractivity contribution in [2.24, 2.45) is 0 Å². The standard InChI is InChI=1S/C33H39Cl2N3O6/c1-22-27(6-3-8-30(22)42-13-4-11-38-12-9-26(41)18-38)28-7-2-5-23(33(28)35)21-44-32-16-31(43-14-10-36)24(15-29(32)34)17-37-25(19-39)20-40/h2-3,5-8,15-16,25-26,37,39-41H,4,9,11-14,17-21H2,1H3/t26-/m1/s1. The average molecular weight is 645 g/mol. The average Bonchev–Trinajstić information content (AvgIpc) is 3.44. The zero-order valence-corrected chi connectivity index (χ0v) is 26.3. The Morgan fingerprint density at radius 1 is 1.00 bits per heavy atom. The van der Waals surface area contributed by atoms with Gasteiger partial charge in [0.25, 0.3) is 0 Å². The van der Waals surface area contributed by atoms with E-state index in [1.807, 2.05) is 49.4 Å². The lowest BCUT2D eigenvalue weighted by Crippen LogP contribution is -2.35. The van der Waals surface area contributed by atoms with Gasteiger partial charge in [0.15, 0.2) is 6.61 Å². The number of aliphatic hydroxyl groups excluding tert-OH is 3. The van der Waals surface area contributed by atoms with Crippen LogP contribution in [0.3, 0.4) is 0 Å². The molecule has 1 aliphatic rings. The summed E-state index contributed by atoms with van der Waals surface area (Å²) in [5.41, 5.74) is 4.22. The van der Waals surface area contributed by atoms with E-state index in [0.717, 1.165) is 60.5 Å². The fraction of sp³-hybridized carbons (Fsp3) is 0.424. The molecule has 236 valence electrons. The Hall–Kier alpha value is -3.07. The highest BCUT2D eigenvalue weighted by molar-refractivity contribution is 6.34. The minimum Gasteiger partial charge on any atom is -0.493 e. The molecule has 11 heteroatoms. The normalized spacial score (nSPS) is 15.0. The third-order valence-electron chi connectivity index (χ3n) is 7.59. The van der Waals surface area contributed by atoms with Crippen LogP contribution < -0.4 is 19.5 Å². The van der Waals surface area contributed by atoms with Crippen molar-refractivity contribution in [1.82, 2.24) is 10.2 Å². The van der Waals surface area contributed by atoms with Crippen LogP contribution in [0.25, 0.3) is 11.1 Å². The fourth-order valence-electron chi connectivity index (χ4n) is 5.11. The Bertz CT molecular complexity index is 1430. The van der Waals surface area contributed by atoms with Crippen LogP contribution in [-0.4, -0.2) is 78.4 Å². The second kappa shape index (κ2) is 16.8. The quantitative estimate of drug-likeness (QED) is 0.164. The predicted octanol–water partition coefficient (Wildman–Crippen LogP) is 4.73. The first-order chi connectivity index (χ1) is 21.3. The third-order valence-corrected chi connectivity index (χ3v) is 8.33. The number of ether oxygens (including phenoxy) is 3. The van der Waals surface area contributed by atoms with Crippen LogP contribution in [0.2, 0.25) is 10.0 Å². The zero-order valence-electron chi connectivity index (χ0n) is 24.8. The molecular formula is C33H39Cl2N3O6. The summed E-state index contributed by atoms with van der Waals surface area (Å²) in [7, 11) is 0. The molecule has 44 heavy (non-hydrogen) atoms. The van der Waals surface area contributed by atoms with E-state index in [1.165, 1.54) is 0 Å². The molecule has 0 saturated carbocycles. The molecule has 0 radical (unpaired) electrons. The van der Waals surface area contributed by atoms with Gasteiger partial charge >= 0.3 is 0 Å². The van der Waals surface area contributed by atoms with Crippen LogP contribution in [0.4, 0.5) is 0 Å². The first-order valence-electron chi connectivity index (χ1n) is 14.6. The summed E-state index contributed by atoms with van der Waals surface area (Å²) in [6.07, 6.45) is 1.49. The van der Waals surface area contributed by atoms with Gasteiger partial charge in [-0.15, -0.1) is 0 Å². The maximum Gasteiger partial charge on any atom is 0.174 e. The van der Waals surface area contributed by atoms with Gasteiger partial charge in [0, 0.05) is 48.9 Å². The highest BCUT2D eigenvalue weighted by Crippen LogP contribution is 2.38. The van der Waals surface area contributed by atoms with Gasteiger partial charge < -0.3 is 39.7 Å². The maximum atomic E-state index is 9.72. The molecule has 0 aliphatic carbocycles.